The summed E-state index contributed by atoms with van der Waals surface area (Å²) in [5.74, 6) is 0. The van der Waals surface area contributed by atoms with Gasteiger partial charge in [-0.2, -0.15) is 0 Å². The van der Waals surface area contributed by atoms with Crippen LogP contribution in [0.1, 0.15) is 34.1 Å². The quantitative estimate of drug-likeness (QED) is 0.672. The molecule has 20 heavy (non-hydrogen) atoms. The zero-order valence-electron chi connectivity index (χ0n) is 11.3. The summed E-state index contributed by atoms with van der Waals surface area (Å²) in [5, 5.41) is 2.06. The van der Waals surface area contributed by atoms with Crippen molar-refractivity contribution in [2.75, 3.05) is 0 Å². The second-order valence-corrected chi connectivity index (χ2v) is 4.94. The number of carbonyl (C=O) groups is 2. The first-order valence-corrected chi connectivity index (χ1v) is 6.75. The summed E-state index contributed by atoms with van der Waals surface area (Å²) in [7, 11) is 0. The highest BCUT2D eigenvalue weighted by Crippen LogP contribution is 2.30. The topological polar surface area (TPSA) is 39.1 Å². The van der Waals surface area contributed by atoms with E-state index < -0.39 is 0 Å². The Morgan fingerprint density at radius 3 is 1.80 bits per heavy atom. The predicted molar refractivity (Wildman–Crippen MR) is 80.5 cm³/mol. The molecule has 3 heteroatoms. The highest BCUT2D eigenvalue weighted by molar-refractivity contribution is 6.10. The lowest BCUT2D eigenvalue weighted by Crippen LogP contribution is -1.96. The average molecular weight is 265 g/mol. The number of rotatable bonds is 4. The second kappa shape index (κ2) is 4.93. The maximum absolute atomic E-state index is 11.0. The highest BCUT2D eigenvalue weighted by Gasteiger charge is 2.11. The van der Waals surface area contributed by atoms with Gasteiger partial charge in [0.2, 0.25) is 0 Å². The number of nitrogens with zero attached hydrogens (tertiary/aromatic N) is 1. The Labute approximate surface area is 116 Å². The lowest BCUT2D eigenvalue weighted by Gasteiger charge is -2.05. The Morgan fingerprint density at radius 2 is 1.40 bits per heavy atom. The van der Waals surface area contributed by atoms with Gasteiger partial charge in [-0.3, -0.25) is 9.59 Å². The molecule has 0 aliphatic heterocycles. The third-order valence-electron chi connectivity index (χ3n) is 3.63. The van der Waals surface area contributed by atoms with Crippen LogP contribution in [0.4, 0.5) is 0 Å². The van der Waals surface area contributed by atoms with Crippen LogP contribution in [-0.2, 0) is 6.54 Å². The van der Waals surface area contributed by atoms with Crippen molar-refractivity contribution >= 4 is 34.4 Å². The van der Waals surface area contributed by atoms with Crippen molar-refractivity contribution in [1.29, 1.82) is 0 Å². The van der Waals surface area contributed by atoms with Crippen molar-refractivity contribution in [2.45, 2.75) is 19.9 Å². The van der Waals surface area contributed by atoms with Crippen molar-refractivity contribution in [1.82, 2.24) is 4.57 Å². The van der Waals surface area contributed by atoms with Gasteiger partial charge in [0.1, 0.15) is 12.6 Å². The van der Waals surface area contributed by atoms with E-state index in [0.29, 0.717) is 11.1 Å². The molecule has 1 heterocycles. The van der Waals surface area contributed by atoms with Crippen LogP contribution in [-0.4, -0.2) is 17.1 Å². The van der Waals surface area contributed by atoms with E-state index in [1.165, 1.54) is 0 Å². The number of benzene rings is 2. The fourth-order valence-electron chi connectivity index (χ4n) is 2.75. The van der Waals surface area contributed by atoms with Crippen molar-refractivity contribution in [3.63, 3.8) is 0 Å². The SMILES string of the molecule is CCCn1c2ccc(C=O)cc2c2cc(C=O)ccc21. The minimum atomic E-state index is 0.657. The number of hydrogen-bond donors (Lipinski definition) is 0. The molecular weight excluding hydrogens is 250 g/mol. The molecule has 3 rings (SSSR count). The number of aryl methyl sites for hydroxylation is 1. The van der Waals surface area contributed by atoms with Gasteiger partial charge in [-0.05, 0) is 42.8 Å². The lowest BCUT2D eigenvalue weighted by molar-refractivity contribution is 0.111. The molecule has 1 aromatic heterocycles. The summed E-state index contributed by atoms with van der Waals surface area (Å²) < 4.78 is 2.24. The minimum absolute atomic E-state index is 0.657. The summed E-state index contributed by atoms with van der Waals surface area (Å²) in [6, 6.07) is 11.4. The van der Waals surface area contributed by atoms with Crippen molar-refractivity contribution < 1.29 is 9.59 Å². The van der Waals surface area contributed by atoms with Crippen LogP contribution < -0.4 is 0 Å². The van der Waals surface area contributed by atoms with Crippen molar-refractivity contribution in [3.05, 3.63) is 47.5 Å². The van der Waals surface area contributed by atoms with Gasteiger partial charge >= 0.3 is 0 Å². The van der Waals surface area contributed by atoms with Gasteiger partial charge in [0, 0.05) is 39.5 Å². The lowest BCUT2D eigenvalue weighted by atomic mass is 10.1. The number of aromatic nitrogens is 1. The van der Waals surface area contributed by atoms with E-state index in [4.69, 9.17) is 0 Å². The summed E-state index contributed by atoms with van der Waals surface area (Å²) in [6.07, 6.45) is 2.74. The predicted octanol–water partition coefficient (Wildman–Crippen LogP) is 3.83. The highest BCUT2D eigenvalue weighted by atomic mass is 16.1. The monoisotopic (exact) mass is 265 g/mol. The second-order valence-electron chi connectivity index (χ2n) is 4.94. The molecule has 3 nitrogen and oxygen atoms in total. The number of hydrogen-bond acceptors (Lipinski definition) is 2. The third-order valence-corrected chi connectivity index (χ3v) is 3.63. The van der Waals surface area contributed by atoms with Gasteiger partial charge in [-0.15, -0.1) is 0 Å². The molecule has 0 saturated heterocycles. The van der Waals surface area contributed by atoms with E-state index in [9.17, 15) is 9.59 Å². The zero-order chi connectivity index (χ0) is 14.1. The van der Waals surface area contributed by atoms with Gasteiger partial charge in [0.15, 0.2) is 0 Å². The van der Waals surface area contributed by atoms with E-state index in [1.807, 2.05) is 36.4 Å². The molecule has 0 spiro atoms. The molecule has 0 fully saturated rings. The molecular formula is C17H15NO2. The smallest absolute Gasteiger partial charge is 0.150 e. The van der Waals surface area contributed by atoms with Crippen LogP contribution in [0.3, 0.4) is 0 Å². The van der Waals surface area contributed by atoms with Gasteiger partial charge in [0.25, 0.3) is 0 Å². The van der Waals surface area contributed by atoms with Crippen LogP contribution in [0.5, 0.6) is 0 Å². The Hall–Kier alpha value is -2.42. The van der Waals surface area contributed by atoms with E-state index in [1.54, 1.807) is 0 Å². The van der Waals surface area contributed by atoms with E-state index in [-0.39, 0.29) is 0 Å². The van der Waals surface area contributed by atoms with E-state index in [0.717, 1.165) is 47.3 Å². The Morgan fingerprint density at radius 1 is 0.900 bits per heavy atom. The van der Waals surface area contributed by atoms with Crippen molar-refractivity contribution in [2.24, 2.45) is 0 Å². The molecule has 100 valence electrons. The molecule has 0 atom stereocenters. The zero-order valence-corrected chi connectivity index (χ0v) is 11.3. The largest absolute Gasteiger partial charge is 0.340 e. The standard InChI is InChI=1S/C17H15NO2/c1-2-7-18-16-5-3-12(10-19)8-14(16)15-9-13(11-20)4-6-17(15)18/h3-6,8-11H,2,7H2,1H3. The van der Waals surface area contributed by atoms with E-state index in [2.05, 4.69) is 11.5 Å². The van der Waals surface area contributed by atoms with Gasteiger partial charge < -0.3 is 4.57 Å². The summed E-state index contributed by atoms with van der Waals surface area (Å²) in [4.78, 5) is 22.0. The summed E-state index contributed by atoms with van der Waals surface area (Å²) in [6.45, 7) is 3.05. The normalized spacial score (nSPS) is 11.1. The van der Waals surface area contributed by atoms with Crippen LogP contribution in [0.15, 0.2) is 36.4 Å². The summed E-state index contributed by atoms with van der Waals surface area (Å²) in [5.41, 5.74) is 3.53. The molecule has 0 saturated carbocycles. The first-order chi connectivity index (χ1) is 9.78. The number of fused-ring (bicyclic) bond motifs is 3. The Balaban J connectivity index is 2.44. The minimum Gasteiger partial charge on any atom is -0.340 e. The average Bonchev–Trinajstić information content (AvgIpc) is 2.80. The molecule has 0 unspecified atom stereocenters. The third kappa shape index (κ3) is 1.83. The Bertz CT molecular complexity index is 749. The number of carbonyl (C=O) groups excluding carboxylic acids is 2. The number of aldehydes is 2. The molecule has 0 bridgehead atoms. The fourth-order valence-corrected chi connectivity index (χ4v) is 2.75. The first kappa shape index (κ1) is 12.6. The van der Waals surface area contributed by atoms with E-state index >= 15 is 0 Å². The maximum atomic E-state index is 11.0. The molecule has 0 aliphatic carbocycles. The van der Waals surface area contributed by atoms with Crippen molar-refractivity contribution in [3.8, 4) is 0 Å². The van der Waals surface area contributed by atoms with Gasteiger partial charge in [0.05, 0.1) is 0 Å². The van der Waals surface area contributed by atoms with Crippen LogP contribution >= 0.6 is 0 Å². The van der Waals surface area contributed by atoms with Crippen LogP contribution in [0.25, 0.3) is 21.8 Å². The van der Waals surface area contributed by atoms with Gasteiger partial charge in [-0.25, -0.2) is 0 Å². The molecule has 3 aromatic rings. The summed E-state index contributed by atoms with van der Waals surface area (Å²) >= 11 is 0. The van der Waals surface area contributed by atoms with Gasteiger partial charge in [-0.1, -0.05) is 6.92 Å². The Kier molecular flexibility index (Phi) is 3.11. The molecule has 0 amide bonds. The molecule has 0 N–H and O–H groups in total. The van der Waals surface area contributed by atoms with Crippen LogP contribution in [0, 0.1) is 0 Å². The molecule has 0 radical (unpaired) electrons. The molecule has 2 aromatic carbocycles. The maximum Gasteiger partial charge on any atom is 0.150 e. The van der Waals surface area contributed by atoms with Crippen LogP contribution in [0.2, 0.25) is 0 Å². The molecule has 0 aliphatic rings. The fraction of sp³-hybridized carbons (Fsp3) is 0.176. The first-order valence-electron chi connectivity index (χ1n) is 6.75.